The molecule has 0 spiro atoms. The van der Waals surface area contributed by atoms with Crippen molar-refractivity contribution >= 4 is 50.3 Å². The number of carbonyl (C=O) groups excluding carboxylic acids is 1. The minimum Gasteiger partial charge on any atom is -0.512 e. The molecule has 2 aromatic heterocycles. The summed E-state index contributed by atoms with van der Waals surface area (Å²) in [5.74, 6) is 0.286. The van der Waals surface area contributed by atoms with E-state index in [1.807, 2.05) is 59.5 Å². The number of thioether (sulfide) groups is 1. The third-order valence-electron chi connectivity index (χ3n) is 10.9. The van der Waals surface area contributed by atoms with Gasteiger partial charge in [0, 0.05) is 69.8 Å². The minimum absolute atomic E-state index is 0. The third kappa shape index (κ3) is 7.58. The number of allylic oxidation sites excluding steroid dienone is 2. The van der Waals surface area contributed by atoms with Crippen LogP contribution >= 0.6 is 11.8 Å². The SMILES string of the molecule is CC1Cc2c(ccc3oc4c(-c5[c-]c6ccccc6c(C(C)(C)C)c5)nccc4c23)S1.CCC(C)(CC)C(=O)/C=C(\O)C(C)(CC)CC.[Ir]. The Morgan fingerprint density at radius 3 is 2.24 bits per heavy atom. The minimum atomic E-state index is -0.337. The van der Waals surface area contributed by atoms with E-state index in [0.717, 1.165) is 65.3 Å². The van der Waals surface area contributed by atoms with Gasteiger partial charge in [0.2, 0.25) is 0 Å². The molecule has 0 fully saturated rings. The number of carbonyl (C=O) groups is 1. The molecule has 6 heteroatoms. The summed E-state index contributed by atoms with van der Waals surface area (Å²) >= 11 is 1.96. The summed E-state index contributed by atoms with van der Waals surface area (Å²) in [6.07, 6.45) is 7.75. The number of aliphatic hydroxyl groups excluding tert-OH is 1. The smallest absolute Gasteiger partial charge is 0.164 e. The van der Waals surface area contributed by atoms with Gasteiger partial charge in [0.15, 0.2) is 5.78 Å². The molecule has 1 unspecified atom stereocenters. The van der Waals surface area contributed by atoms with Crippen LogP contribution in [-0.4, -0.2) is 21.1 Å². The second-order valence-corrected chi connectivity index (χ2v) is 16.5. The van der Waals surface area contributed by atoms with E-state index in [1.54, 1.807) is 0 Å². The first kappa shape index (κ1) is 38.9. The van der Waals surface area contributed by atoms with E-state index in [1.165, 1.54) is 32.9 Å². The molecule has 1 aliphatic rings. The van der Waals surface area contributed by atoms with Crippen molar-refractivity contribution in [2.45, 2.75) is 117 Å². The Hall–Kier alpha value is -2.92. The van der Waals surface area contributed by atoms with Crippen LogP contribution < -0.4 is 0 Å². The van der Waals surface area contributed by atoms with Gasteiger partial charge in [-0.2, -0.15) is 0 Å². The van der Waals surface area contributed by atoms with Gasteiger partial charge in [-0.05, 0) is 61.3 Å². The summed E-state index contributed by atoms with van der Waals surface area (Å²) in [5, 5.41) is 15.5. The molecule has 1 aliphatic heterocycles. The molecule has 0 saturated heterocycles. The van der Waals surface area contributed by atoms with Gasteiger partial charge in [-0.25, -0.2) is 0 Å². The maximum atomic E-state index is 12.2. The van der Waals surface area contributed by atoms with E-state index in [0.29, 0.717) is 5.25 Å². The standard InChI is InChI=1S/C28H24NOS.C15H28O2.Ir/c1-16-13-21-24(31-16)10-9-23-25(21)20-11-12-29-26(27(20)30-23)18-14-17-7-5-6-8-19(17)22(15-18)28(2,3)4;1-7-14(5,8-2)12(16)11-13(17)15(6,9-3)10-4;/h5-12,15-16H,13H2,1-4H3;11,16H,7-10H2,1-6H3;/q-1;;/b;12-11-;. The number of furan rings is 1. The van der Waals surface area contributed by atoms with Gasteiger partial charge < -0.3 is 9.52 Å². The average Bonchev–Trinajstić information content (AvgIpc) is 3.66. The van der Waals surface area contributed by atoms with Crippen LogP contribution in [0.2, 0.25) is 0 Å². The Morgan fingerprint density at radius 2 is 1.61 bits per heavy atom. The van der Waals surface area contributed by atoms with Gasteiger partial charge >= 0.3 is 0 Å². The summed E-state index contributed by atoms with van der Waals surface area (Å²) < 4.78 is 6.44. The van der Waals surface area contributed by atoms with Crippen LogP contribution in [0.15, 0.2) is 75.9 Å². The number of rotatable bonds is 8. The summed E-state index contributed by atoms with van der Waals surface area (Å²) in [5.41, 5.74) is 5.82. The number of nitrogens with zero attached hydrogens (tertiary/aromatic N) is 1. The number of hydrogen-bond donors (Lipinski definition) is 1. The van der Waals surface area contributed by atoms with Crippen molar-refractivity contribution in [1.29, 1.82) is 0 Å². The van der Waals surface area contributed by atoms with E-state index >= 15 is 0 Å². The first-order chi connectivity index (χ1) is 22.7. The number of aromatic nitrogens is 1. The summed E-state index contributed by atoms with van der Waals surface area (Å²) in [6, 6.07) is 20.8. The monoisotopic (exact) mass is 855 g/mol. The second-order valence-electron chi connectivity index (χ2n) is 15.0. The van der Waals surface area contributed by atoms with E-state index in [2.05, 4.69) is 82.3 Å². The number of hydrogen-bond acceptors (Lipinski definition) is 5. The number of ketones is 1. The van der Waals surface area contributed by atoms with Crippen molar-refractivity contribution in [3.8, 4) is 11.3 Å². The van der Waals surface area contributed by atoms with Crippen LogP contribution in [0.5, 0.6) is 0 Å². The molecular weight excluding hydrogens is 803 g/mol. The molecule has 1 atom stereocenters. The second kappa shape index (κ2) is 15.1. The molecule has 6 rings (SSSR count). The first-order valence-electron chi connectivity index (χ1n) is 17.6. The molecule has 3 aromatic carbocycles. The van der Waals surface area contributed by atoms with Crippen LogP contribution in [-0.2, 0) is 36.7 Å². The Labute approximate surface area is 310 Å². The van der Waals surface area contributed by atoms with Crippen molar-refractivity contribution in [3.05, 3.63) is 83.8 Å². The van der Waals surface area contributed by atoms with Crippen molar-refractivity contribution < 1.29 is 34.4 Å². The van der Waals surface area contributed by atoms with Crippen LogP contribution in [0.1, 0.15) is 106 Å². The largest absolute Gasteiger partial charge is 0.512 e. The fourth-order valence-electron chi connectivity index (χ4n) is 6.56. The molecular formula is C43H52IrNO3S-. The van der Waals surface area contributed by atoms with Crippen LogP contribution in [0.4, 0.5) is 0 Å². The number of fused-ring (bicyclic) bond motifs is 6. The summed E-state index contributed by atoms with van der Waals surface area (Å²) in [6.45, 7) is 21.2. The quantitative estimate of drug-likeness (QED) is 0.0957. The molecule has 0 saturated carbocycles. The Balaban J connectivity index is 0.000000260. The zero-order valence-corrected chi connectivity index (χ0v) is 34.1. The molecule has 1 N–H and O–H groups in total. The zero-order valence-electron chi connectivity index (χ0n) is 30.8. The molecule has 5 aromatic rings. The molecule has 1 radical (unpaired) electrons. The van der Waals surface area contributed by atoms with Gasteiger partial charge in [-0.1, -0.05) is 98.4 Å². The maximum Gasteiger partial charge on any atom is 0.164 e. The summed E-state index contributed by atoms with van der Waals surface area (Å²) in [7, 11) is 0. The molecule has 3 heterocycles. The van der Waals surface area contributed by atoms with Crippen LogP contribution in [0, 0.1) is 16.9 Å². The van der Waals surface area contributed by atoms with Gasteiger partial charge in [-0.3, -0.25) is 9.78 Å². The van der Waals surface area contributed by atoms with E-state index < -0.39 is 0 Å². The molecule has 0 amide bonds. The average molecular weight is 855 g/mol. The fourth-order valence-corrected chi connectivity index (χ4v) is 7.72. The predicted molar refractivity (Wildman–Crippen MR) is 204 cm³/mol. The van der Waals surface area contributed by atoms with Crippen molar-refractivity contribution in [2.24, 2.45) is 10.8 Å². The van der Waals surface area contributed by atoms with Crippen molar-refractivity contribution in [1.82, 2.24) is 4.98 Å². The summed E-state index contributed by atoms with van der Waals surface area (Å²) in [4.78, 5) is 18.3. The first-order valence-corrected chi connectivity index (χ1v) is 18.5. The van der Waals surface area contributed by atoms with Crippen LogP contribution in [0.25, 0.3) is 44.0 Å². The number of aliphatic hydroxyl groups is 1. The fraction of sp³-hybridized carbons (Fsp3) is 0.442. The van der Waals surface area contributed by atoms with E-state index in [9.17, 15) is 9.90 Å². The van der Waals surface area contributed by atoms with Gasteiger partial charge in [0.25, 0.3) is 0 Å². The third-order valence-corrected chi connectivity index (χ3v) is 12.1. The molecule has 263 valence electrons. The van der Waals surface area contributed by atoms with E-state index in [4.69, 9.17) is 9.40 Å². The molecule has 4 nitrogen and oxygen atoms in total. The maximum absolute atomic E-state index is 12.2. The molecule has 0 bridgehead atoms. The zero-order chi connectivity index (χ0) is 35.0. The van der Waals surface area contributed by atoms with Crippen molar-refractivity contribution in [3.63, 3.8) is 0 Å². The van der Waals surface area contributed by atoms with Crippen molar-refractivity contribution in [2.75, 3.05) is 0 Å². The topological polar surface area (TPSA) is 63.3 Å². The molecule has 49 heavy (non-hydrogen) atoms. The normalized spacial score (nSPS) is 15.2. The van der Waals surface area contributed by atoms with Gasteiger partial charge in [0.05, 0.1) is 0 Å². The van der Waals surface area contributed by atoms with Crippen LogP contribution in [0.3, 0.4) is 0 Å². The Bertz CT molecular complexity index is 1990. The van der Waals surface area contributed by atoms with Gasteiger partial charge in [0.1, 0.15) is 16.9 Å². The van der Waals surface area contributed by atoms with Gasteiger partial charge in [-0.15, -0.1) is 40.9 Å². The van der Waals surface area contributed by atoms with E-state index in [-0.39, 0.29) is 47.9 Å². The number of pyridine rings is 1. The molecule has 0 aliphatic carbocycles. The predicted octanol–water partition coefficient (Wildman–Crippen LogP) is 12.6. The Morgan fingerprint density at radius 1 is 0.959 bits per heavy atom. The number of benzene rings is 3. The Kier molecular flexibility index (Phi) is 12.0.